The number of piperazine rings is 1. The molecule has 15 heavy (non-hydrogen) atoms. The summed E-state index contributed by atoms with van der Waals surface area (Å²) in [5.74, 6) is 0. The topological polar surface area (TPSA) is 33.7 Å². The minimum Gasteiger partial charge on any atom is -0.383 e. The fourth-order valence-corrected chi connectivity index (χ4v) is 2.11. The second-order valence-electron chi connectivity index (χ2n) is 4.52. The summed E-state index contributed by atoms with van der Waals surface area (Å²) < 4.78 is 10.4. The molecule has 1 fully saturated rings. The number of rotatable bonds is 5. The number of nitrogens with one attached hydrogen (secondary N) is 1. The molecule has 0 radical (unpaired) electrons. The molecule has 0 saturated carbocycles. The van der Waals surface area contributed by atoms with Gasteiger partial charge in [0.05, 0.1) is 13.2 Å². The highest BCUT2D eigenvalue weighted by atomic mass is 16.5. The van der Waals surface area contributed by atoms with Crippen LogP contribution in [-0.4, -0.2) is 63.5 Å². The van der Waals surface area contributed by atoms with Crippen molar-refractivity contribution in [3.63, 3.8) is 0 Å². The quantitative estimate of drug-likeness (QED) is 0.718. The average Bonchev–Trinajstić information content (AvgIpc) is 2.18. The molecule has 1 heterocycles. The van der Waals surface area contributed by atoms with E-state index >= 15 is 0 Å². The summed E-state index contributed by atoms with van der Waals surface area (Å²) in [4.78, 5) is 2.48. The third-order valence-corrected chi connectivity index (χ3v) is 2.85. The van der Waals surface area contributed by atoms with E-state index in [1.54, 1.807) is 14.2 Å². The molecule has 0 bridgehead atoms. The van der Waals surface area contributed by atoms with E-state index in [4.69, 9.17) is 9.47 Å². The molecule has 1 aliphatic rings. The minimum absolute atomic E-state index is 0.422. The van der Waals surface area contributed by atoms with Crippen LogP contribution in [0.15, 0.2) is 0 Å². The Kier molecular flexibility index (Phi) is 5.53. The van der Waals surface area contributed by atoms with Gasteiger partial charge in [-0.25, -0.2) is 0 Å². The average molecular weight is 216 g/mol. The summed E-state index contributed by atoms with van der Waals surface area (Å²) in [6.07, 6.45) is 0. The molecule has 2 atom stereocenters. The maximum Gasteiger partial charge on any atom is 0.0628 e. The van der Waals surface area contributed by atoms with Crippen molar-refractivity contribution in [2.75, 3.05) is 40.5 Å². The van der Waals surface area contributed by atoms with Crippen molar-refractivity contribution >= 4 is 0 Å². The van der Waals surface area contributed by atoms with Crippen LogP contribution in [0.3, 0.4) is 0 Å². The van der Waals surface area contributed by atoms with Gasteiger partial charge in [0.15, 0.2) is 0 Å². The van der Waals surface area contributed by atoms with Crippen LogP contribution in [0.5, 0.6) is 0 Å². The van der Waals surface area contributed by atoms with Gasteiger partial charge in [-0.15, -0.1) is 0 Å². The van der Waals surface area contributed by atoms with E-state index in [1.807, 2.05) is 0 Å². The number of ether oxygens (including phenoxy) is 2. The molecule has 1 saturated heterocycles. The lowest BCUT2D eigenvalue weighted by Crippen LogP contribution is -2.60. The first-order chi connectivity index (χ1) is 7.17. The summed E-state index contributed by atoms with van der Waals surface area (Å²) in [7, 11) is 3.50. The molecule has 1 aliphatic heterocycles. The van der Waals surface area contributed by atoms with E-state index in [-0.39, 0.29) is 0 Å². The Labute approximate surface area is 92.9 Å². The van der Waals surface area contributed by atoms with E-state index in [9.17, 15) is 0 Å². The van der Waals surface area contributed by atoms with Crippen LogP contribution in [0.1, 0.15) is 13.8 Å². The van der Waals surface area contributed by atoms with Crippen molar-refractivity contribution in [3.8, 4) is 0 Å². The fourth-order valence-electron chi connectivity index (χ4n) is 2.11. The lowest BCUT2D eigenvalue weighted by Gasteiger charge is -2.40. The maximum atomic E-state index is 5.21. The van der Waals surface area contributed by atoms with E-state index in [0.717, 1.165) is 26.3 Å². The number of hydrogen-bond donors (Lipinski definition) is 1. The van der Waals surface area contributed by atoms with Gasteiger partial charge in [0.2, 0.25) is 0 Å². The molecule has 0 aliphatic carbocycles. The van der Waals surface area contributed by atoms with Gasteiger partial charge >= 0.3 is 0 Å². The first kappa shape index (κ1) is 12.9. The Morgan fingerprint density at radius 3 is 1.93 bits per heavy atom. The summed E-state index contributed by atoms with van der Waals surface area (Å²) in [5, 5.41) is 3.55. The first-order valence-electron chi connectivity index (χ1n) is 5.65. The van der Waals surface area contributed by atoms with Gasteiger partial charge in [-0.3, -0.25) is 4.90 Å². The van der Waals surface area contributed by atoms with Gasteiger partial charge in [0.1, 0.15) is 0 Å². The van der Waals surface area contributed by atoms with Crippen LogP contribution in [0.4, 0.5) is 0 Å². The van der Waals surface area contributed by atoms with Gasteiger partial charge in [-0.05, 0) is 13.8 Å². The predicted octanol–water partition coefficient (Wildman–Crippen LogP) is 0.330. The SMILES string of the molecule is COCC1CN(C(C)C)CC(COC)N1. The van der Waals surface area contributed by atoms with E-state index in [2.05, 4.69) is 24.1 Å². The molecule has 0 amide bonds. The zero-order valence-electron chi connectivity index (χ0n) is 10.3. The van der Waals surface area contributed by atoms with Crippen LogP contribution in [0, 0.1) is 0 Å². The lowest BCUT2D eigenvalue weighted by atomic mass is 10.1. The number of methoxy groups -OCH3 is 2. The lowest BCUT2D eigenvalue weighted by molar-refractivity contribution is 0.0514. The Balaban J connectivity index is 2.48. The Morgan fingerprint density at radius 2 is 1.60 bits per heavy atom. The van der Waals surface area contributed by atoms with Crippen molar-refractivity contribution in [1.29, 1.82) is 0 Å². The number of hydrogen-bond acceptors (Lipinski definition) is 4. The zero-order chi connectivity index (χ0) is 11.3. The van der Waals surface area contributed by atoms with E-state index in [0.29, 0.717) is 18.1 Å². The van der Waals surface area contributed by atoms with Crippen LogP contribution < -0.4 is 5.32 Å². The van der Waals surface area contributed by atoms with Crippen LogP contribution >= 0.6 is 0 Å². The van der Waals surface area contributed by atoms with Crippen LogP contribution in [0.2, 0.25) is 0 Å². The number of nitrogens with zero attached hydrogens (tertiary/aromatic N) is 1. The molecule has 1 N–H and O–H groups in total. The molecule has 0 aromatic heterocycles. The maximum absolute atomic E-state index is 5.21. The fraction of sp³-hybridized carbons (Fsp3) is 1.00. The molecular formula is C11H24N2O2. The normalized spacial score (nSPS) is 28.6. The van der Waals surface area contributed by atoms with Crippen LogP contribution in [-0.2, 0) is 9.47 Å². The summed E-state index contributed by atoms with van der Waals surface area (Å²) >= 11 is 0. The Morgan fingerprint density at radius 1 is 1.13 bits per heavy atom. The van der Waals surface area contributed by atoms with Gasteiger partial charge in [-0.1, -0.05) is 0 Å². The van der Waals surface area contributed by atoms with Gasteiger partial charge < -0.3 is 14.8 Å². The summed E-state index contributed by atoms with van der Waals surface area (Å²) in [6, 6.07) is 1.43. The molecule has 0 aromatic rings. The second kappa shape index (κ2) is 6.43. The zero-order valence-corrected chi connectivity index (χ0v) is 10.3. The van der Waals surface area contributed by atoms with Crippen LogP contribution in [0.25, 0.3) is 0 Å². The molecule has 2 unspecified atom stereocenters. The smallest absolute Gasteiger partial charge is 0.0628 e. The Hall–Kier alpha value is -0.160. The monoisotopic (exact) mass is 216 g/mol. The third kappa shape index (κ3) is 4.07. The molecular weight excluding hydrogens is 192 g/mol. The first-order valence-corrected chi connectivity index (χ1v) is 5.65. The van der Waals surface area contributed by atoms with Crippen molar-refractivity contribution < 1.29 is 9.47 Å². The highest BCUT2D eigenvalue weighted by Gasteiger charge is 2.27. The highest BCUT2D eigenvalue weighted by Crippen LogP contribution is 2.09. The molecule has 4 heteroatoms. The molecule has 4 nitrogen and oxygen atoms in total. The van der Waals surface area contributed by atoms with Gasteiger partial charge in [-0.2, -0.15) is 0 Å². The minimum atomic E-state index is 0.422. The largest absolute Gasteiger partial charge is 0.383 e. The molecule has 0 spiro atoms. The molecule has 0 aromatic carbocycles. The molecule has 90 valence electrons. The third-order valence-electron chi connectivity index (χ3n) is 2.85. The second-order valence-corrected chi connectivity index (χ2v) is 4.52. The van der Waals surface area contributed by atoms with Gasteiger partial charge in [0, 0.05) is 45.4 Å². The highest BCUT2D eigenvalue weighted by molar-refractivity contribution is 4.87. The summed E-state index contributed by atoms with van der Waals surface area (Å²) in [5.41, 5.74) is 0. The van der Waals surface area contributed by atoms with Crippen molar-refractivity contribution in [2.45, 2.75) is 32.0 Å². The van der Waals surface area contributed by atoms with Gasteiger partial charge in [0.25, 0.3) is 0 Å². The summed E-state index contributed by atoms with van der Waals surface area (Å²) in [6.45, 7) is 8.13. The standard InChI is InChI=1S/C11H24N2O2/c1-9(2)13-5-10(7-14-3)12-11(6-13)8-15-4/h9-12H,5-8H2,1-4H3. The predicted molar refractivity (Wildman–Crippen MR) is 61.2 cm³/mol. The van der Waals surface area contributed by atoms with E-state index < -0.39 is 0 Å². The van der Waals surface area contributed by atoms with Crippen molar-refractivity contribution in [1.82, 2.24) is 10.2 Å². The molecule has 1 rings (SSSR count). The van der Waals surface area contributed by atoms with Crippen molar-refractivity contribution in [3.05, 3.63) is 0 Å². The van der Waals surface area contributed by atoms with E-state index in [1.165, 1.54) is 0 Å². The van der Waals surface area contributed by atoms with Crippen molar-refractivity contribution in [2.24, 2.45) is 0 Å². The Bertz CT molecular complexity index is 162.